The second-order valence-electron chi connectivity index (χ2n) is 4.97. The highest BCUT2D eigenvalue weighted by Gasteiger charge is 2.08. The number of hydrogen-bond donors (Lipinski definition) is 2. The predicted octanol–water partition coefficient (Wildman–Crippen LogP) is 2.39. The van der Waals surface area contributed by atoms with Gasteiger partial charge in [-0.25, -0.2) is 0 Å². The summed E-state index contributed by atoms with van der Waals surface area (Å²) < 4.78 is 10.5. The Balaban J connectivity index is 2.65. The molecule has 0 aliphatic heterocycles. The Morgan fingerprint density at radius 2 is 2.00 bits per heavy atom. The minimum Gasteiger partial charge on any atom is -0.497 e. The number of rotatable bonds is 9. The van der Waals surface area contributed by atoms with Crippen LogP contribution in [0.5, 0.6) is 11.5 Å². The first-order chi connectivity index (χ1) is 10.6. The first-order valence-electron chi connectivity index (χ1n) is 7.41. The van der Waals surface area contributed by atoms with Gasteiger partial charge in [-0.15, -0.1) is 0 Å². The van der Waals surface area contributed by atoms with Gasteiger partial charge in [0.1, 0.15) is 11.5 Å². The molecule has 0 saturated heterocycles. The van der Waals surface area contributed by atoms with Crippen LogP contribution in [0, 0.1) is 0 Å². The molecular weight excluding hydrogens is 282 g/mol. The molecule has 0 spiro atoms. The largest absolute Gasteiger partial charge is 0.497 e. The van der Waals surface area contributed by atoms with Crippen LogP contribution in [-0.4, -0.2) is 38.4 Å². The molecule has 0 unspecified atom stereocenters. The summed E-state index contributed by atoms with van der Waals surface area (Å²) in [5, 5.41) is 11.5. The van der Waals surface area contributed by atoms with Crippen LogP contribution < -0.4 is 14.8 Å². The van der Waals surface area contributed by atoms with Gasteiger partial charge in [0.25, 0.3) is 0 Å². The van der Waals surface area contributed by atoms with E-state index in [-0.39, 0.29) is 12.5 Å². The van der Waals surface area contributed by atoms with Gasteiger partial charge in [-0.1, -0.05) is 0 Å². The molecule has 122 valence electrons. The number of methoxy groups -OCH3 is 2. The maximum Gasteiger partial charge on any atom is 0.244 e. The molecule has 0 bridgehead atoms. The van der Waals surface area contributed by atoms with Gasteiger partial charge in [0.05, 0.1) is 14.2 Å². The number of ether oxygens (including phenoxy) is 2. The van der Waals surface area contributed by atoms with Gasteiger partial charge < -0.3 is 19.9 Å². The number of benzene rings is 1. The zero-order chi connectivity index (χ0) is 16.4. The first kappa shape index (κ1) is 18.0. The van der Waals surface area contributed by atoms with Crippen molar-refractivity contribution in [3.8, 4) is 11.5 Å². The molecule has 5 heteroatoms. The third-order valence-electron chi connectivity index (χ3n) is 3.32. The van der Waals surface area contributed by atoms with Crippen LogP contribution in [0.3, 0.4) is 0 Å². The number of carbonyl (C=O) groups excluding carboxylic acids is 1. The molecule has 2 N–H and O–H groups in total. The van der Waals surface area contributed by atoms with Crippen LogP contribution in [0.4, 0.5) is 0 Å². The summed E-state index contributed by atoms with van der Waals surface area (Å²) in [5.41, 5.74) is 1.69. The standard InChI is InChI=1S/C17H25NO4/c1-13(11-17(20)18-9-5-4-6-10-19)15-8-7-14(21-2)12-16(15)22-3/h7-8,11-12,19H,4-6,9-10H2,1-3H3,(H,18,20)/b13-11+. The lowest BCUT2D eigenvalue weighted by molar-refractivity contribution is -0.116. The summed E-state index contributed by atoms with van der Waals surface area (Å²) in [4.78, 5) is 11.9. The van der Waals surface area contributed by atoms with Crippen LogP contribution in [0.15, 0.2) is 24.3 Å². The van der Waals surface area contributed by atoms with Gasteiger partial charge in [-0.3, -0.25) is 4.79 Å². The van der Waals surface area contributed by atoms with Crippen molar-refractivity contribution in [3.05, 3.63) is 29.8 Å². The molecule has 22 heavy (non-hydrogen) atoms. The number of nitrogens with one attached hydrogen (secondary N) is 1. The van der Waals surface area contributed by atoms with Crippen LogP contribution in [0.1, 0.15) is 31.7 Å². The molecule has 0 aliphatic carbocycles. The van der Waals surface area contributed by atoms with Gasteiger partial charge in [-0.2, -0.15) is 0 Å². The van der Waals surface area contributed by atoms with E-state index in [0.717, 1.165) is 30.4 Å². The van der Waals surface area contributed by atoms with Gasteiger partial charge in [-0.05, 0) is 43.9 Å². The topological polar surface area (TPSA) is 67.8 Å². The quantitative estimate of drug-likeness (QED) is 0.543. The normalized spacial score (nSPS) is 11.2. The average Bonchev–Trinajstić information content (AvgIpc) is 2.53. The SMILES string of the molecule is COc1ccc(/C(C)=C/C(=O)NCCCCCO)c(OC)c1. The zero-order valence-corrected chi connectivity index (χ0v) is 13.5. The molecule has 1 aromatic carbocycles. The van der Waals surface area contributed by atoms with Crippen molar-refractivity contribution in [2.45, 2.75) is 26.2 Å². The molecule has 0 atom stereocenters. The number of amides is 1. The van der Waals surface area contributed by atoms with Gasteiger partial charge in [0.2, 0.25) is 5.91 Å². The van der Waals surface area contributed by atoms with E-state index in [1.165, 1.54) is 0 Å². The summed E-state index contributed by atoms with van der Waals surface area (Å²) in [6.45, 7) is 2.68. The molecule has 1 rings (SSSR count). The minimum absolute atomic E-state index is 0.126. The van der Waals surface area contributed by atoms with Crippen molar-refractivity contribution < 1.29 is 19.4 Å². The van der Waals surface area contributed by atoms with Gasteiger partial charge >= 0.3 is 0 Å². The van der Waals surface area contributed by atoms with Gasteiger partial charge in [0.15, 0.2) is 0 Å². The minimum atomic E-state index is -0.126. The third-order valence-corrected chi connectivity index (χ3v) is 3.32. The zero-order valence-electron chi connectivity index (χ0n) is 13.5. The highest BCUT2D eigenvalue weighted by atomic mass is 16.5. The molecule has 0 fully saturated rings. The monoisotopic (exact) mass is 307 g/mol. The van der Waals surface area contributed by atoms with Crippen molar-refractivity contribution in [3.63, 3.8) is 0 Å². The highest BCUT2D eigenvalue weighted by Crippen LogP contribution is 2.29. The fraction of sp³-hybridized carbons (Fsp3) is 0.471. The highest BCUT2D eigenvalue weighted by molar-refractivity contribution is 5.95. The molecular formula is C17H25NO4. The van der Waals surface area contributed by atoms with Crippen molar-refractivity contribution in [2.75, 3.05) is 27.4 Å². The Morgan fingerprint density at radius 1 is 1.23 bits per heavy atom. The van der Waals surface area contributed by atoms with E-state index < -0.39 is 0 Å². The van der Waals surface area contributed by atoms with Crippen LogP contribution in [-0.2, 0) is 4.79 Å². The van der Waals surface area contributed by atoms with Crippen LogP contribution >= 0.6 is 0 Å². The smallest absolute Gasteiger partial charge is 0.244 e. The number of unbranched alkanes of at least 4 members (excludes halogenated alkanes) is 2. The molecule has 5 nitrogen and oxygen atoms in total. The molecule has 0 aliphatic rings. The van der Waals surface area contributed by atoms with Crippen LogP contribution in [0.25, 0.3) is 5.57 Å². The Labute approximate surface area is 131 Å². The van der Waals surface area contributed by atoms with E-state index >= 15 is 0 Å². The fourth-order valence-corrected chi connectivity index (χ4v) is 2.07. The maximum absolute atomic E-state index is 11.9. The second kappa shape index (κ2) is 9.84. The Hall–Kier alpha value is -2.01. The summed E-state index contributed by atoms with van der Waals surface area (Å²) in [6, 6.07) is 5.50. The molecule has 0 radical (unpaired) electrons. The molecule has 1 aromatic rings. The fourth-order valence-electron chi connectivity index (χ4n) is 2.07. The van der Waals surface area contributed by atoms with Crippen molar-refractivity contribution in [1.82, 2.24) is 5.32 Å². The number of allylic oxidation sites excluding steroid dienone is 1. The predicted molar refractivity (Wildman–Crippen MR) is 87.1 cm³/mol. The van der Waals surface area contributed by atoms with Crippen molar-refractivity contribution >= 4 is 11.5 Å². The number of hydrogen-bond acceptors (Lipinski definition) is 4. The molecule has 0 aromatic heterocycles. The van der Waals surface area contributed by atoms with Crippen LogP contribution in [0.2, 0.25) is 0 Å². The summed E-state index contributed by atoms with van der Waals surface area (Å²) in [6.07, 6.45) is 4.11. The number of carbonyl (C=O) groups is 1. The lowest BCUT2D eigenvalue weighted by Gasteiger charge is -2.11. The summed E-state index contributed by atoms with van der Waals surface area (Å²) in [5.74, 6) is 1.25. The Morgan fingerprint density at radius 3 is 2.64 bits per heavy atom. The Bertz CT molecular complexity index is 511. The molecule has 0 saturated carbocycles. The third kappa shape index (κ3) is 5.77. The van der Waals surface area contributed by atoms with E-state index in [1.807, 2.05) is 19.1 Å². The van der Waals surface area contributed by atoms with Gasteiger partial charge in [0, 0.05) is 30.9 Å². The van der Waals surface area contributed by atoms with E-state index in [0.29, 0.717) is 18.0 Å². The first-order valence-corrected chi connectivity index (χ1v) is 7.41. The molecule has 0 heterocycles. The average molecular weight is 307 g/mol. The lowest BCUT2D eigenvalue weighted by atomic mass is 10.1. The van der Waals surface area contributed by atoms with E-state index in [4.69, 9.17) is 14.6 Å². The maximum atomic E-state index is 11.9. The molecule has 1 amide bonds. The van der Waals surface area contributed by atoms with E-state index in [2.05, 4.69) is 5.32 Å². The van der Waals surface area contributed by atoms with Crippen molar-refractivity contribution in [1.29, 1.82) is 0 Å². The summed E-state index contributed by atoms with van der Waals surface area (Å²) in [7, 11) is 3.19. The number of aliphatic hydroxyl groups is 1. The number of aliphatic hydroxyl groups excluding tert-OH is 1. The van der Waals surface area contributed by atoms with E-state index in [1.54, 1.807) is 26.4 Å². The van der Waals surface area contributed by atoms with Crippen molar-refractivity contribution in [2.24, 2.45) is 0 Å². The Kier molecular flexibility index (Phi) is 8.07. The lowest BCUT2D eigenvalue weighted by Crippen LogP contribution is -2.22. The second-order valence-corrected chi connectivity index (χ2v) is 4.97. The van der Waals surface area contributed by atoms with E-state index in [9.17, 15) is 4.79 Å². The summed E-state index contributed by atoms with van der Waals surface area (Å²) >= 11 is 0.